The molecular formula is C15H13ClF3N. The van der Waals surface area contributed by atoms with Crippen LogP contribution >= 0.6 is 11.6 Å². The Morgan fingerprint density at radius 3 is 2.10 bits per heavy atom. The third kappa shape index (κ3) is 3.32. The molecule has 0 amide bonds. The maximum absolute atomic E-state index is 13.8. The summed E-state index contributed by atoms with van der Waals surface area (Å²) in [6.07, 6.45) is 0.368. The standard InChI is InChI=1S/C15H13ClF3N/c1-20-14(6-9-2-4-10(16)5-3-9)15-12(18)7-11(17)8-13(15)19/h2-5,7-8,14,20H,6H2,1H3. The lowest BCUT2D eigenvalue weighted by atomic mass is 9.98. The molecule has 0 saturated carbocycles. The molecule has 0 saturated heterocycles. The van der Waals surface area contributed by atoms with Crippen LogP contribution in [0.15, 0.2) is 36.4 Å². The van der Waals surface area contributed by atoms with E-state index < -0.39 is 23.5 Å². The smallest absolute Gasteiger partial charge is 0.133 e. The molecule has 1 nitrogen and oxygen atoms in total. The highest BCUT2D eigenvalue weighted by Gasteiger charge is 2.20. The second kappa shape index (κ2) is 6.29. The predicted octanol–water partition coefficient (Wildman–Crippen LogP) is 4.26. The SMILES string of the molecule is CNC(Cc1ccc(Cl)cc1)c1c(F)cc(F)cc1F. The van der Waals surface area contributed by atoms with Crippen molar-refractivity contribution < 1.29 is 13.2 Å². The zero-order chi connectivity index (χ0) is 14.7. The quantitative estimate of drug-likeness (QED) is 0.889. The highest BCUT2D eigenvalue weighted by atomic mass is 35.5. The summed E-state index contributed by atoms with van der Waals surface area (Å²) in [7, 11) is 1.60. The zero-order valence-corrected chi connectivity index (χ0v) is 11.5. The van der Waals surface area contributed by atoms with Crippen molar-refractivity contribution in [1.82, 2.24) is 5.32 Å². The Balaban J connectivity index is 2.31. The van der Waals surface area contributed by atoms with Gasteiger partial charge in [-0.2, -0.15) is 0 Å². The van der Waals surface area contributed by atoms with Gasteiger partial charge in [0.1, 0.15) is 17.5 Å². The van der Waals surface area contributed by atoms with Crippen LogP contribution < -0.4 is 5.32 Å². The summed E-state index contributed by atoms with van der Waals surface area (Å²) in [6.45, 7) is 0. The molecule has 0 bridgehead atoms. The predicted molar refractivity (Wildman–Crippen MR) is 73.3 cm³/mol. The van der Waals surface area contributed by atoms with Gasteiger partial charge in [0, 0.05) is 28.8 Å². The fraction of sp³-hybridized carbons (Fsp3) is 0.200. The Bertz CT molecular complexity index is 576. The van der Waals surface area contributed by atoms with Gasteiger partial charge in [0.2, 0.25) is 0 Å². The summed E-state index contributed by atoms with van der Waals surface area (Å²) in [5.41, 5.74) is 0.709. The molecule has 0 aromatic heterocycles. The van der Waals surface area contributed by atoms with Crippen molar-refractivity contribution in [2.24, 2.45) is 0 Å². The van der Waals surface area contributed by atoms with E-state index in [1.807, 2.05) is 0 Å². The largest absolute Gasteiger partial charge is 0.313 e. The average Bonchev–Trinajstić information content (AvgIpc) is 2.38. The van der Waals surface area contributed by atoms with Crippen molar-refractivity contribution in [3.63, 3.8) is 0 Å². The van der Waals surface area contributed by atoms with Gasteiger partial charge in [0.05, 0.1) is 0 Å². The van der Waals surface area contributed by atoms with Gasteiger partial charge >= 0.3 is 0 Å². The maximum atomic E-state index is 13.8. The van der Waals surface area contributed by atoms with E-state index in [0.717, 1.165) is 5.56 Å². The van der Waals surface area contributed by atoms with Crippen LogP contribution in [0.4, 0.5) is 13.2 Å². The molecule has 106 valence electrons. The van der Waals surface area contributed by atoms with Gasteiger partial charge in [-0.25, -0.2) is 13.2 Å². The van der Waals surface area contributed by atoms with Crippen molar-refractivity contribution >= 4 is 11.6 Å². The molecular weight excluding hydrogens is 287 g/mol. The molecule has 20 heavy (non-hydrogen) atoms. The Morgan fingerprint density at radius 1 is 1.05 bits per heavy atom. The van der Waals surface area contributed by atoms with E-state index >= 15 is 0 Å². The zero-order valence-electron chi connectivity index (χ0n) is 10.8. The lowest BCUT2D eigenvalue weighted by Crippen LogP contribution is -2.21. The summed E-state index contributed by atoms with van der Waals surface area (Å²) >= 11 is 5.79. The Kier molecular flexibility index (Phi) is 4.68. The highest BCUT2D eigenvalue weighted by molar-refractivity contribution is 6.30. The first-order chi connectivity index (χ1) is 9.51. The molecule has 0 heterocycles. The molecule has 2 aromatic rings. The monoisotopic (exact) mass is 299 g/mol. The number of hydrogen-bond acceptors (Lipinski definition) is 1. The first-order valence-electron chi connectivity index (χ1n) is 6.07. The Morgan fingerprint density at radius 2 is 1.60 bits per heavy atom. The van der Waals surface area contributed by atoms with Crippen molar-refractivity contribution in [3.8, 4) is 0 Å². The third-order valence-corrected chi connectivity index (χ3v) is 3.35. The first kappa shape index (κ1) is 14.9. The van der Waals surface area contributed by atoms with Crippen LogP contribution in [0.5, 0.6) is 0 Å². The number of benzene rings is 2. The van der Waals surface area contributed by atoms with Gasteiger partial charge in [-0.05, 0) is 31.2 Å². The fourth-order valence-corrected chi connectivity index (χ4v) is 2.22. The van der Waals surface area contributed by atoms with E-state index in [1.54, 1.807) is 31.3 Å². The minimum Gasteiger partial charge on any atom is -0.313 e. The number of rotatable bonds is 4. The van der Waals surface area contributed by atoms with E-state index in [0.29, 0.717) is 23.6 Å². The van der Waals surface area contributed by atoms with Crippen molar-refractivity contribution in [1.29, 1.82) is 0 Å². The second-order valence-corrected chi connectivity index (χ2v) is 4.89. The van der Waals surface area contributed by atoms with Crippen LogP contribution in [0.25, 0.3) is 0 Å². The van der Waals surface area contributed by atoms with Crippen LogP contribution in [0.3, 0.4) is 0 Å². The molecule has 5 heteroatoms. The second-order valence-electron chi connectivity index (χ2n) is 4.45. The molecule has 0 aliphatic carbocycles. The maximum Gasteiger partial charge on any atom is 0.133 e. The van der Waals surface area contributed by atoms with E-state index in [-0.39, 0.29) is 5.56 Å². The number of halogens is 4. The van der Waals surface area contributed by atoms with Crippen LogP contribution in [0.2, 0.25) is 5.02 Å². The van der Waals surface area contributed by atoms with Crippen LogP contribution in [0.1, 0.15) is 17.2 Å². The Hall–Kier alpha value is -1.52. The van der Waals surface area contributed by atoms with Gasteiger partial charge in [0.15, 0.2) is 0 Å². The summed E-state index contributed by atoms with van der Waals surface area (Å²) in [6, 6.07) is 7.77. The fourth-order valence-electron chi connectivity index (χ4n) is 2.09. The van der Waals surface area contributed by atoms with Crippen LogP contribution in [-0.4, -0.2) is 7.05 Å². The minimum atomic E-state index is -0.926. The first-order valence-corrected chi connectivity index (χ1v) is 6.45. The molecule has 0 spiro atoms. The molecule has 2 aromatic carbocycles. The van der Waals surface area contributed by atoms with Crippen molar-refractivity contribution in [2.75, 3.05) is 7.05 Å². The van der Waals surface area contributed by atoms with E-state index in [9.17, 15) is 13.2 Å². The normalized spacial score (nSPS) is 12.4. The topological polar surface area (TPSA) is 12.0 Å². The summed E-state index contributed by atoms with van der Waals surface area (Å²) in [4.78, 5) is 0. The van der Waals surface area contributed by atoms with Gasteiger partial charge in [0.25, 0.3) is 0 Å². The van der Waals surface area contributed by atoms with E-state index in [1.165, 1.54) is 0 Å². The number of likely N-dealkylation sites (N-methyl/N-ethyl adjacent to an activating group) is 1. The highest BCUT2D eigenvalue weighted by Crippen LogP contribution is 2.25. The van der Waals surface area contributed by atoms with Crippen molar-refractivity contribution in [2.45, 2.75) is 12.5 Å². The van der Waals surface area contributed by atoms with E-state index in [2.05, 4.69) is 5.32 Å². The molecule has 0 aliphatic rings. The summed E-state index contributed by atoms with van der Waals surface area (Å²) in [5.74, 6) is -2.71. The Labute approximate surface area is 120 Å². The van der Waals surface area contributed by atoms with Crippen molar-refractivity contribution in [3.05, 3.63) is 70.0 Å². The van der Waals surface area contributed by atoms with Gasteiger partial charge in [-0.3, -0.25) is 0 Å². The lowest BCUT2D eigenvalue weighted by molar-refractivity contribution is 0.475. The van der Waals surface area contributed by atoms with Gasteiger partial charge < -0.3 is 5.32 Å². The molecule has 2 rings (SSSR count). The van der Waals surface area contributed by atoms with Crippen LogP contribution in [0, 0.1) is 17.5 Å². The molecule has 1 unspecified atom stereocenters. The van der Waals surface area contributed by atoms with Crippen LogP contribution in [-0.2, 0) is 6.42 Å². The molecule has 0 radical (unpaired) electrons. The summed E-state index contributed by atoms with van der Waals surface area (Å²) in [5, 5.41) is 3.44. The lowest BCUT2D eigenvalue weighted by Gasteiger charge is -2.18. The third-order valence-electron chi connectivity index (χ3n) is 3.09. The molecule has 1 atom stereocenters. The molecule has 0 aliphatic heterocycles. The summed E-state index contributed by atoms with van der Waals surface area (Å²) < 4.78 is 40.5. The minimum absolute atomic E-state index is 0.163. The van der Waals surface area contributed by atoms with Gasteiger partial charge in [-0.15, -0.1) is 0 Å². The number of hydrogen-bond donors (Lipinski definition) is 1. The molecule has 0 fully saturated rings. The average molecular weight is 300 g/mol. The van der Waals surface area contributed by atoms with Gasteiger partial charge in [-0.1, -0.05) is 23.7 Å². The molecule has 1 N–H and O–H groups in total. The van der Waals surface area contributed by atoms with E-state index in [4.69, 9.17) is 11.6 Å². The number of nitrogens with one attached hydrogen (secondary N) is 1.